The van der Waals surface area contributed by atoms with Gasteiger partial charge in [-0.1, -0.05) is 11.6 Å². The number of furan rings is 1. The third kappa shape index (κ3) is 4.73. The summed E-state index contributed by atoms with van der Waals surface area (Å²) in [7, 11) is 0. The maximum Gasteiger partial charge on any atom is 0.317 e. The first-order valence-electron chi connectivity index (χ1n) is 12.4. The van der Waals surface area contributed by atoms with E-state index in [1.54, 1.807) is 12.5 Å². The van der Waals surface area contributed by atoms with E-state index in [1.165, 1.54) is 6.20 Å². The lowest BCUT2D eigenvalue weighted by Gasteiger charge is -2.32. The lowest BCUT2D eigenvalue weighted by Crippen LogP contribution is -2.47. The fraction of sp³-hybridized carbons (Fsp3) is 0.400. The van der Waals surface area contributed by atoms with E-state index in [1.807, 2.05) is 23.1 Å². The van der Waals surface area contributed by atoms with Crippen LogP contribution in [0.2, 0.25) is 5.15 Å². The summed E-state index contributed by atoms with van der Waals surface area (Å²) in [6, 6.07) is 5.96. The quantitative estimate of drug-likeness (QED) is 0.353. The number of H-pyrrole nitrogens is 1. The second-order valence-corrected chi connectivity index (χ2v) is 9.77. The number of nitrogens with one attached hydrogen (secondary N) is 3. The maximum absolute atomic E-state index is 12.6. The number of carbonyl (C=O) groups is 1. The summed E-state index contributed by atoms with van der Waals surface area (Å²) in [5, 5.41) is 7.12. The van der Waals surface area contributed by atoms with Crippen molar-refractivity contribution in [2.45, 2.75) is 50.6 Å². The van der Waals surface area contributed by atoms with Crippen molar-refractivity contribution in [3.05, 3.63) is 42.0 Å². The standard InChI is InChI=1S/C25H27ClN8O2/c26-20-14-28-24-22(32-20)17(13-27-24)23-31-18(19-7-4-10-36-19)12-21(33-23)29-15-5-3-6-16(11-15)30-25(35)34-8-1-2-9-34/h4,7,10,12-16H,1-3,5-6,8-9,11H2,(H,27,28)(H,30,35)(H,29,31,33). The molecule has 2 fully saturated rings. The van der Waals surface area contributed by atoms with Gasteiger partial charge >= 0.3 is 6.03 Å². The molecule has 0 aromatic carbocycles. The first-order valence-corrected chi connectivity index (χ1v) is 12.7. The zero-order chi connectivity index (χ0) is 24.5. The molecule has 1 saturated carbocycles. The second-order valence-electron chi connectivity index (χ2n) is 9.38. The number of anilines is 1. The Kier molecular flexibility index (Phi) is 6.18. The minimum absolute atomic E-state index is 0.0571. The van der Waals surface area contributed by atoms with E-state index in [0.717, 1.165) is 51.6 Å². The van der Waals surface area contributed by atoms with Gasteiger partial charge in [-0.2, -0.15) is 0 Å². The summed E-state index contributed by atoms with van der Waals surface area (Å²) in [6.07, 6.45) is 10.9. The predicted molar refractivity (Wildman–Crippen MR) is 137 cm³/mol. The number of amides is 2. The Bertz CT molecular complexity index is 1370. The minimum atomic E-state index is 0.0571. The number of carbonyl (C=O) groups excluding carboxylic acids is 1. The Morgan fingerprint density at radius 1 is 1.14 bits per heavy atom. The average molecular weight is 507 g/mol. The van der Waals surface area contributed by atoms with Gasteiger partial charge in [0.1, 0.15) is 22.2 Å². The first-order chi connectivity index (χ1) is 17.6. The molecule has 2 atom stereocenters. The van der Waals surface area contributed by atoms with Crippen LogP contribution < -0.4 is 10.6 Å². The number of urea groups is 1. The summed E-state index contributed by atoms with van der Waals surface area (Å²) in [4.78, 5) is 35.9. The summed E-state index contributed by atoms with van der Waals surface area (Å²) in [5.74, 6) is 1.82. The molecule has 10 nitrogen and oxygen atoms in total. The van der Waals surface area contributed by atoms with Gasteiger partial charge in [-0.3, -0.25) is 0 Å². The largest absolute Gasteiger partial charge is 0.463 e. The van der Waals surface area contributed by atoms with E-state index in [-0.39, 0.29) is 18.1 Å². The fourth-order valence-corrected chi connectivity index (χ4v) is 5.21. The van der Waals surface area contributed by atoms with Gasteiger partial charge < -0.3 is 24.9 Å². The molecule has 2 unspecified atom stereocenters. The molecule has 3 N–H and O–H groups in total. The second kappa shape index (κ2) is 9.77. The van der Waals surface area contributed by atoms with Crippen molar-refractivity contribution in [2.75, 3.05) is 18.4 Å². The predicted octanol–water partition coefficient (Wildman–Crippen LogP) is 4.86. The Morgan fingerprint density at radius 3 is 2.83 bits per heavy atom. The molecule has 4 aromatic heterocycles. The van der Waals surface area contributed by atoms with Gasteiger partial charge in [0.2, 0.25) is 0 Å². The molecule has 4 aromatic rings. The van der Waals surface area contributed by atoms with Crippen molar-refractivity contribution in [1.82, 2.24) is 35.1 Å². The van der Waals surface area contributed by atoms with Gasteiger partial charge in [0.15, 0.2) is 17.2 Å². The molecule has 2 amide bonds. The molecular formula is C25H27ClN8O2. The van der Waals surface area contributed by atoms with Crippen LogP contribution in [0.3, 0.4) is 0 Å². The monoisotopic (exact) mass is 506 g/mol. The van der Waals surface area contributed by atoms with E-state index >= 15 is 0 Å². The van der Waals surface area contributed by atoms with Crippen LogP contribution in [0.4, 0.5) is 10.6 Å². The highest BCUT2D eigenvalue weighted by atomic mass is 35.5. The molecule has 6 rings (SSSR count). The van der Waals surface area contributed by atoms with Gasteiger partial charge in [0.25, 0.3) is 0 Å². The summed E-state index contributed by atoms with van der Waals surface area (Å²) in [5.41, 5.74) is 2.58. The number of aromatic amines is 1. The molecule has 1 aliphatic carbocycles. The van der Waals surface area contributed by atoms with E-state index < -0.39 is 0 Å². The van der Waals surface area contributed by atoms with Gasteiger partial charge in [0, 0.05) is 37.4 Å². The van der Waals surface area contributed by atoms with Gasteiger partial charge in [0.05, 0.1) is 18.0 Å². The highest BCUT2D eigenvalue weighted by Crippen LogP contribution is 2.30. The van der Waals surface area contributed by atoms with Gasteiger partial charge in [-0.15, -0.1) is 0 Å². The maximum atomic E-state index is 12.6. The lowest BCUT2D eigenvalue weighted by atomic mass is 9.91. The van der Waals surface area contributed by atoms with Crippen LogP contribution in [0.5, 0.6) is 0 Å². The topological polar surface area (TPSA) is 125 Å². The number of fused-ring (bicyclic) bond motifs is 1. The van der Waals surface area contributed by atoms with Crippen molar-refractivity contribution < 1.29 is 9.21 Å². The molecule has 0 radical (unpaired) electrons. The van der Waals surface area contributed by atoms with E-state index in [9.17, 15) is 4.79 Å². The Morgan fingerprint density at radius 2 is 2.00 bits per heavy atom. The molecule has 1 aliphatic heterocycles. The van der Waals surface area contributed by atoms with Gasteiger partial charge in [-0.05, 0) is 50.7 Å². The van der Waals surface area contributed by atoms with Crippen LogP contribution in [0, 0.1) is 0 Å². The smallest absolute Gasteiger partial charge is 0.317 e. The van der Waals surface area contributed by atoms with Crippen LogP contribution >= 0.6 is 11.6 Å². The van der Waals surface area contributed by atoms with Crippen molar-refractivity contribution in [3.8, 4) is 22.8 Å². The number of aromatic nitrogens is 5. The van der Waals surface area contributed by atoms with Gasteiger partial charge in [-0.25, -0.2) is 24.7 Å². The molecule has 1 saturated heterocycles. The van der Waals surface area contributed by atoms with E-state index in [2.05, 4.69) is 25.6 Å². The number of halogens is 1. The van der Waals surface area contributed by atoms with Crippen LogP contribution in [0.15, 0.2) is 41.3 Å². The van der Waals surface area contributed by atoms with E-state index in [4.69, 9.17) is 26.0 Å². The van der Waals surface area contributed by atoms with Crippen molar-refractivity contribution in [1.29, 1.82) is 0 Å². The van der Waals surface area contributed by atoms with Crippen molar-refractivity contribution in [3.63, 3.8) is 0 Å². The van der Waals surface area contributed by atoms with Crippen molar-refractivity contribution >= 4 is 34.6 Å². The zero-order valence-corrected chi connectivity index (χ0v) is 20.5. The molecule has 36 heavy (non-hydrogen) atoms. The Hall–Kier alpha value is -3.66. The number of hydrogen-bond donors (Lipinski definition) is 3. The minimum Gasteiger partial charge on any atom is -0.463 e. The first kappa shape index (κ1) is 22.8. The molecule has 11 heteroatoms. The van der Waals surface area contributed by atoms with Crippen LogP contribution in [0.1, 0.15) is 38.5 Å². The van der Waals surface area contributed by atoms with Crippen LogP contribution in [-0.2, 0) is 0 Å². The third-order valence-corrected chi connectivity index (χ3v) is 7.02. The number of hydrogen-bond acceptors (Lipinski definition) is 7. The van der Waals surface area contributed by atoms with Crippen LogP contribution in [0.25, 0.3) is 34.0 Å². The number of rotatable bonds is 5. The third-order valence-electron chi connectivity index (χ3n) is 6.84. The van der Waals surface area contributed by atoms with E-state index in [0.29, 0.717) is 45.0 Å². The molecule has 2 aliphatic rings. The Labute approximate surface area is 212 Å². The highest BCUT2D eigenvalue weighted by Gasteiger charge is 2.27. The summed E-state index contributed by atoms with van der Waals surface area (Å²) in [6.45, 7) is 1.70. The summed E-state index contributed by atoms with van der Waals surface area (Å²) < 4.78 is 5.63. The molecule has 186 valence electrons. The molecule has 0 spiro atoms. The Balaban J connectivity index is 1.26. The average Bonchev–Trinajstić information content (AvgIpc) is 3.66. The molecular weight excluding hydrogens is 480 g/mol. The SMILES string of the molecule is O=C(NC1CCCC(Nc2cc(-c3ccco3)nc(-c3c[nH]c4ncc(Cl)nc34)n2)C1)N1CCCC1. The molecule has 0 bridgehead atoms. The summed E-state index contributed by atoms with van der Waals surface area (Å²) >= 11 is 6.11. The number of likely N-dealkylation sites (tertiary alicyclic amines) is 1. The highest BCUT2D eigenvalue weighted by molar-refractivity contribution is 6.29. The number of nitrogens with zero attached hydrogens (tertiary/aromatic N) is 5. The van der Waals surface area contributed by atoms with Crippen molar-refractivity contribution in [2.24, 2.45) is 0 Å². The lowest BCUT2D eigenvalue weighted by molar-refractivity contribution is 0.200. The fourth-order valence-electron chi connectivity index (χ4n) is 5.08. The normalized spacial score (nSPS) is 20.1. The molecule has 5 heterocycles. The van der Waals surface area contributed by atoms with Crippen LogP contribution in [-0.4, -0.2) is 61.0 Å². The zero-order valence-electron chi connectivity index (χ0n) is 19.7.